The fourth-order valence-corrected chi connectivity index (χ4v) is 1.41. The molecular formula is C12H12BrF2N3O2. The molecule has 0 aliphatic heterocycles. The van der Waals surface area contributed by atoms with Crippen molar-refractivity contribution in [3.63, 3.8) is 0 Å². The fraction of sp³-hybridized carbons (Fsp3) is 0.167. The highest BCUT2D eigenvalue weighted by Gasteiger charge is 2.13. The summed E-state index contributed by atoms with van der Waals surface area (Å²) in [5, 5.41) is 6.78. The Morgan fingerprint density at radius 2 is 1.75 bits per heavy atom. The minimum atomic E-state index is -0.954. The molecule has 0 saturated carbocycles. The molecule has 0 spiro atoms. The molecule has 0 atom stereocenters. The predicted octanol–water partition coefficient (Wildman–Crippen LogP) is 2.95. The van der Waals surface area contributed by atoms with Crippen LogP contribution < -0.4 is 16.0 Å². The molecule has 108 valence electrons. The summed E-state index contributed by atoms with van der Waals surface area (Å²) < 4.78 is 27.4. The number of halogens is 3. The molecule has 0 radical (unpaired) electrons. The maximum absolute atomic E-state index is 13.5. The highest BCUT2D eigenvalue weighted by Crippen LogP contribution is 2.23. The third kappa shape index (κ3) is 4.96. The number of carbonyl (C=O) groups is 2. The molecular weight excluding hydrogens is 336 g/mol. The Bertz CT molecular complexity index is 564. The third-order valence-electron chi connectivity index (χ3n) is 2.06. The van der Waals surface area contributed by atoms with E-state index < -0.39 is 23.6 Å². The van der Waals surface area contributed by atoms with E-state index in [1.807, 2.05) is 0 Å². The molecule has 1 aromatic carbocycles. The van der Waals surface area contributed by atoms with Crippen molar-refractivity contribution >= 4 is 39.2 Å². The van der Waals surface area contributed by atoms with Crippen LogP contribution in [0.2, 0.25) is 0 Å². The molecule has 8 heteroatoms. The van der Waals surface area contributed by atoms with Gasteiger partial charge >= 0.3 is 6.03 Å². The second kappa shape index (κ2) is 6.99. The number of anilines is 2. The standard InChI is InChI=1S/C12H12BrF2N3O2/c1-6(13)5-16-12(20)18-11-4-10(17-7(2)19)8(14)3-9(11)15/h3-4H,1,5H2,2H3,(H,17,19)(H2,16,18,20). The summed E-state index contributed by atoms with van der Waals surface area (Å²) in [4.78, 5) is 22.3. The topological polar surface area (TPSA) is 70.2 Å². The fourth-order valence-electron chi connectivity index (χ4n) is 1.27. The summed E-state index contributed by atoms with van der Waals surface area (Å²) in [5.74, 6) is -2.40. The Morgan fingerprint density at radius 3 is 2.25 bits per heavy atom. The summed E-state index contributed by atoms with van der Waals surface area (Å²) in [7, 11) is 0. The van der Waals surface area contributed by atoms with Crippen molar-refractivity contribution in [2.75, 3.05) is 17.2 Å². The number of urea groups is 1. The van der Waals surface area contributed by atoms with E-state index in [0.717, 1.165) is 6.07 Å². The van der Waals surface area contributed by atoms with Crippen LogP contribution in [0, 0.1) is 11.6 Å². The van der Waals surface area contributed by atoms with Gasteiger partial charge in [-0.2, -0.15) is 0 Å². The molecule has 0 aliphatic carbocycles. The number of carbonyl (C=O) groups excluding carboxylic acids is 2. The smallest absolute Gasteiger partial charge is 0.319 e. The minimum Gasteiger partial charge on any atom is -0.333 e. The van der Waals surface area contributed by atoms with E-state index in [1.165, 1.54) is 6.92 Å². The second-order valence-corrected chi connectivity index (χ2v) is 4.94. The van der Waals surface area contributed by atoms with Gasteiger partial charge in [-0.25, -0.2) is 13.6 Å². The Balaban J connectivity index is 2.86. The first kappa shape index (κ1) is 16.1. The van der Waals surface area contributed by atoms with Crippen molar-refractivity contribution in [3.8, 4) is 0 Å². The molecule has 20 heavy (non-hydrogen) atoms. The van der Waals surface area contributed by atoms with Crippen LogP contribution in [-0.2, 0) is 4.79 Å². The van der Waals surface area contributed by atoms with Gasteiger partial charge in [-0.05, 0) is 6.07 Å². The van der Waals surface area contributed by atoms with Gasteiger partial charge in [-0.1, -0.05) is 22.5 Å². The van der Waals surface area contributed by atoms with Crippen LogP contribution in [0.15, 0.2) is 23.2 Å². The SMILES string of the molecule is C=C(Br)CNC(=O)Nc1cc(NC(C)=O)c(F)cc1F. The molecule has 0 heterocycles. The highest BCUT2D eigenvalue weighted by molar-refractivity contribution is 9.11. The largest absolute Gasteiger partial charge is 0.333 e. The maximum atomic E-state index is 13.5. The van der Waals surface area contributed by atoms with Gasteiger partial charge in [0.05, 0.1) is 17.9 Å². The van der Waals surface area contributed by atoms with Gasteiger partial charge in [0, 0.05) is 17.5 Å². The van der Waals surface area contributed by atoms with E-state index in [0.29, 0.717) is 10.5 Å². The normalized spacial score (nSPS) is 9.80. The molecule has 0 saturated heterocycles. The quantitative estimate of drug-likeness (QED) is 0.783. The first-order valence-electron chi connectivity index (χ1n) is 5.44. The number of hydrogen-bond donors (Lipinski definition) is 3. The van der Waals surface area contributed by atoms with Crippen molar-refractivity contribution < 1.29 is 18.4 Å². The van der Waals surface area contributed by atoms with E-state index in [9.17, 15) is 18.4 Å². The van der Waals surface area contributed by atoms with Crippen molar-refractivity contribution in [1.82, 2.24) is 5.32 Å². The number of amides is 3. The Labute approximate surface area is 122 Å². The second-order valence-electron chi connectivity index (χ2n) is 3.82. The summed E-state index contributed by atoms with van der Waals surface area (Å²) >= 11 is 3.04. The molecule has 3 N–H and O–H groups in total. The molecule has 0 fully saturated rings. The van der Waals surface area contributed by atoms with Gasteiger partial charge < -0.3 is 16.0 Å². The zero-order valence-electron chi connectivity index (χ0n) is 10.5. The van der Waals surface area contributed by atoms with Gasteiger partial charge in [0.2, 0.25) is 5.91 Å². The van der Waals surface area contributed by atoms with E-state index in [4.69, 9.17) is 0 Å². The van der Waals surface area contributed by atoms with E-state index in [1.54, 1.807) is 0 Å². The molecule has 0 bridgehead atoms. The lowest BCUT2D eigenvalue weighted by molar-refractivity contribution is -0.114. The summed E-state index contributed by atoms with van der Waals surface area (Å²) in [6, 6.07) is 0.878. The average molecular weight is 348 g/mol. The van der Waals surface area contributed by atoms with Gasteiger partial charge in [-0.15, -0.1) is 0 Å². The van der Waals surface area contributed by atoms with Crippen LogP contribution in [0.1, 0.15) is 6.92 Å². The van der Waals surface area contributed by atoms with Gasteiger partial charge in [0.25, 0.3) is 0 Å². The monoisotopic (exact) mass is 347 g/mol. The van der Waals surface area contributed by atoms with Crippen LogP contribution in [0.25, 0.3) is 0 Å². The molecule has 0 unspecified atom stereocenters. The van der Waals surface area contributed by atoms with Crippen LogP contribution in [0.4, 0.5) is 25.0 Å². The average Bonchev–Trinajstić information content (AvgIpc) is 2.32. The minimum absolute atomic E-state index is 0.146. The van der Waals surface area contributed by atoms with E-state index >= 15 is 0 Å². The van der Waals surface area contributed by atoms with Crippen LogP contribution in [0.5, 0.6) is 0 Å². The van der Waals surface area contributed by atoms with Crippen molar-refractivity contribution in [2.24, 2.45) is 0 Å². The van der Waals surface area contributed by atoms with Crippen molar-refractivity contribution in [3.05, 3.63) is 34.8 Å². The van der Waals surface area contributed by atoms with Crippen molar-refractivity contribution in [2.45, 2.75) is 6.92 Å². The molecule has 3 amide bonds. The van der Waals surface area contributed by atoms with Crippen LogP contribution >= 0.6 is 15.9 Å². The van der Waals surface area contributed by atoms with Gasteiger partial charge in [-0.3, -0.25) is 4.79 Å². The lowest BCUT2D eigenvalue weighted by Gasteiger charge is -2.11. The number of hydrogen-bond acceptors (Lipinski definition) is 2. The van der Waals surface area contributed by atoms with Gasteiger partial charge in [0.15, 0.2) is 0 Å². The zero-order valence-corrected chi connectivity index (χ0v) is 12.1. The molecule has 5 nitrogen and oxygen atoms in total. The summed E-state index contributed by atoms with van der Waals surface area (Å²) in [5.41, 5.74) is -0.480. The zero-order chi connectivity index (χ0) is 15.3. The Morgan fingerprint density at radius 1 is 1.20 bits per heavy atom. The van der Waals surface area contributed by atoms with E-state index in [-0.39, 0.29) is 17.9 Å². The predicted molar refractivity (Wildman–Crippen MR) is 75.8 cm³/mol. The molecule has 0 aromatic heterocycles. The summed E-state index contributed by atoms with van der Waals surface area (Å²) in [6.07, 6.45) is 0. The number of rotatable bonds is 4. The van der Waals surface area contributed by atoms with Crippen LogP contribution in [0.3, 0.4) is 0 Å². The van der Waals surface area contributed by atoms with Crippen molar-refractivity contribution in [1.29, 1.82) is 0 Å². The number of benzene rings is 1. The maximum Gasteiger partial charge on any atom is 0.319 e. The lowest BCUT2D eigenvalue weighted by Crippen LogP contribution is -2.30. The summed E-state index contributed by atoms with van der Waals surface area (Å²) in [6.45, 7) is 4.84. The Hall–Kier alpha value is -1.96. The molecule has 1 aromatic rings. The first-order chi connectivity index (χ1) is 9.29. The third-order valence-corrected chi connectivity index (χ3v) is 2.34. The van der Waals surface area contributed by atoms with E-state index in [2.05, 4.69) is 38.5 Å². The lowest BCUT2D eigenvalue weighted by atomic mass is 10.2. The number of nitrogens with one attached hydrogen (secondary N) is 3. The van der Waals surface area contributed by atoms with Gasteiger partial charge in [0.1, 0.15) is 11.6 Å². The molecule has 0 aliphatic rings. The van der Waals surface area contributed by atoms with Crippen LogP contribution in [-0.4, -0.2) is 18.5 Å². The molecule has 1 rings (SSSR count). The first-order valence-corrected chi connectivity index (χ1v) is 6.23. The Kier molecular flexibility index (Phi) is 5.63. The highest BCUT2D eigenvalue weighted by atomic mass is 79.9.